The summed E-state index contributed by atoms with van der Waals surface area (Å²) < 4.78 is 0. The van der Waals surface area contributed by atoms with Crippen LogP contribution in [0.25, 0.3) is 10.9 Å². The van der Waals surface area contributed by atoms with Crippen molar-refractivity contribution in [1.29, 1.82) is 0 Å². The third-order valence-electron chi connectivity index (χ3n) is 5.91. The number of nitrogens with one attached hydrogen (secondary N) is 2. The van der Waals surface area contributed by atoms with Crippen LogP contribution in [-0.4, -0.2) is 24.0 Å². The number of piperidine rings is 1. The number of aryl methyl sites for hydroxylation is 2. The first-order valence-corrected chi connectivity index (χ1v) is 10.2. The molecule has 1 saturated heterocycles. The van der Waals surface area contributed by atoms with Gasteiger partial charge in [-0.25, -0.2) is 0 Å². The van der Waals surface area contributed by atoms with Crippen molar-refractivity contribution in [1.82, 2.24) is 4.98 Å². The van der Waals surface area contributed by atoms with E-state index in [2.05, 4.69) is 59.4 Å². The lowest BCUT2D eigenvalue weighted by atomic mass is 9.99. The van der Waals surface area contributed by atoms with E-state index in [1.165, 1.54) is 24.1 Å². The predicted octanol–water partition coefficient (Wildman–Crippen LogP) is 5.20. The van der Waals surface area contributed by atoms with E-state index in [0.29, 0.717) is 6.42 Å². The second kappa shape index (κ2) is 7.70. The van der Waals surface area contributed by atoms with Crippen molar-refractivity contribution in [3.05, 3.63) is 59.3 Å². The number of anilines is 2. The van der Waals surface area contributed by atoms with E-state index in [0.717, 1.165) is 46.9 Å². The van der Waals surface area contributed by atoms with Gasteiger partial charge in [-0.15, -0.1) is 0 Å². The molecule has 0 unspecified atom stereocenters. The molecule has 1 amide bonds. The molecule has 28 heavy (non-hydrogen) atoms. The van der Waals surface area contributed by atoms with Crippen LogP contribution < -0.4 is 10.2 Å². The molecule has 3 aromatic rings. The Morgan fingerprint density at radius 1 is 1.11 bits per heavy atom. The van der Waals surface area contributed by atoms with E-state index in [9.17, 15) is 4.79 Å². The molecule has 0 radical (unpaired) electrons. The summed E-state index contributed by atoms with van der Waals surface area (Å²) >= 11 is 0. The molecule has 4 rings (SSSR count). The van der Waals surface area contributed by atoms with Crippen molar-refractivity contribution in [2.24, 2.45) is 5.92 Å². The minimum atomic E-state index is 0.0186. The molecule has 4 heteroatoms. The lowest BCUT2D eigenvalue weighted by Gasteiger charge is -2.32. The summed E-state index contributed by atoms with van der Waals surface area (Å²) in [6.07, 6.45) is 2.88. The average Bonchev–Trinajstić information content (AvgIpc) is 2.98. The molecule has 146 valence electrons. The van der Waals surface area contributed by atoms with Crippen LogP contribution in [0, 0.1) is 19.8 Å². The molecule has 0 atom stereocenters. The molecule has 0 bridgehead atoms. The molecule has 1 aliphatic heterocycles. The molecule has 4 nitrogen and oxygen atoms in total. The number of rotatable bonds is 4. The fourth-order valence-corrected chi connectivity index (χ4v) is 4.11. The highest BCUT2D eigenvalue weighted by molar-refractivity contribution is 5.96. The number of amides is 1. The lowest BCUT2D eigenvalue weighted by Crippen LogP contribution is -2.32. The van der Waals surface area contributed by atoms with Crippen LogP contribution in [0.15, 0.2) is 42.5 Å². The van der Waals surface area contributed by atoms with Crippen LogP contribution in [0.2, 0.25) is 0 Å². The maximum absolute atomic E-state index is 12.6. The summed E-state index contributed by atoms with van der Waals surface area (Å²) in [7, 11) is 0. The van der Waals surface area contributed by atoms with E-state index >= 15 is 0 Å². The summed E-state index contributed by atoms with van der Waals surface area (Å²) in [5.74, 6) is 0.844. The number of carbonyl (C=O) groups excluding carboxylic acids is 1. The zero-order chi connectivity index (χ0) is 19.7. The molecule has 0 saturated carbocycles. The fourth-order valence-electron chi connectivity index (χ4n) is 4.11. The summed E-state index contributed by atoms with van der Waals surface area (Å²) in [4.78, 5) is 18.5. The molecule has 0 aliphatic carbocycles. The van der Waals surface area contributed by atoms with Gasteiger partial charge in [-0.1, -0.05) is 18.6 Å². The zero-order valence-corrected chi connectivity index (χ0v) is 17.0. The van der Waals surface area contributed by atoms with Crippen LogP contribution in [0.4, 0.5) is 11.4 Å². The Balaban J connectivity index is 1.43. The topological polar surface area (TPSA) is 48.1 Å². The monoisotopic (exact) mass is 375 g/mol. The number of H-pyrrole nitrogens is 1. The number of benzene rings is 2. The highest BCUT2D eigenvalue weighted by Gasteiger charge is 2.16. The number of aromatic nitrogens is 1. The maximum atomic E-state index is 12.6. The molecular formula is C24H29N3O. The summed E-state index contributed by atoms with van der Waals surface area (Å²) in [5, 5.41) is 4.19. The standard InChI is InChI=1S/C24H29N3O/c1-16-10-12-27(13-11-16)20-7-5-19(6-8-20)26-24(28)15-21-18(3)25-23-9-4-17(2)14-22(21)23/h4-9,14,16,25H,10-13,15H2,1-3H3,(H,26,28). The summed E-state index contributed by atoms with van der Waals surface area (Å²) in [6, 6.07) is 14.6. The Bertz CT molecular complexity index is 979. The highest BCUT2D eigenvalue weighted by Crippen LogP contribution is 2.26. The van der Waals surface area contributed by atoms with Crippen molar-refractivity contribution in [3.8, 4) is 0 Å². The molecular weight excluding hydrogens is 346 g/mol. The average molecular weight is 376 g/mol. The van der Waals surface area contributed by atoms with Crippen molar-refractivity contribution in [2.75, 3.05) is 23.3 Å². The number of hydrogen-bond acceptors (Lipinski definition) is 2. The lowest BCUT2D eigenvalue weighted by molar-refractivity contribution is -0.115. The molecule has 2 N–H and O–H groups in total. The van der Waals surface area contributed by atoms with Gasteiger partial charge in [0.2, 0.25) is 5.91 Å². The zero-order valence-electron chi connectivity index (χ0n) is 17.0. The van der Waals surface area contributed by atoms with Crippen LogP contribution >= 0.6 is 0 Å². The van der Waals surface area contributed by atoms with E-state index in [-0.39, 0.29) is 5.91 Å². The Morgan fingerprint density at radius 3 is 2.54 bits per heavy atom. The molecule has 1 aromatic heterocycles. The predicted molar refractivity (Wildman–Crippen MR) is 117 cm³/mol. The van der Waals surface area contributed by atoms with Crippen LogP contribution in [0.3, 0.4) is 0 Å². The number of carbonyl (C=O) groups is 1. The van der Waals surface area contributed by atoms with Crippen molar-refractivity contribution < 1.29 is 4.79 Å². The number of nitrogens with zero attached hydrogens (tertiary/aromatic N) is 1. The van der Waals surface area contributed by atoms with E-state index in [1.54, 1.807) is 0 Å². The van der Waals surface area contributed by atoms with E-state index in [4.69, 9.17) is 0 Å². The van der Waals surface area contributed by atoms with Gasteiger partial charge in [0.15, 0.2) is 0 Å². The minimum Gasteiger partial charge on any atom is -0.372 e. The Morgan fingerprint density at radius 2 is 1.82 bits per heavy atom. The Labute approximate surface area is 166 Å². The van der Waals surface area contributed by atoms with E-state index < -0.39 is 0 Å². The smallest absolute Gasteiger partial charge is 0.228 e. The van der Waals surface area contributed by atoms with Crippen molar-refractivity contribution >= 4 is 28.2 Å². The highest BCUT2D eigenvalue weighted by atomic mass is 16.1. The molecule has 2 heterocycles. The summed E-state index contributed by atoms with van der Waals surface area (Å²) in [6.45, 7) is 8.67. The maximum Gasteiger partial charge on any atom is 0.228 e. The van der Waals surface area contributed by atoms with Gasteiger partial charge in [0.1, 0.15) is 0 Å². The van der Waals surface area contributed by atoms with Gasteiger partial charge in [-0.05, 0) is 74.6 Å². The molecule has 0 spiro atoms. The van der Waals surface area contributed by atoms with Crippen LogP contribution in [-0.2, 0) is 11.2 Å². The second-order valence-corrected chi connectivity index (χ2v) is 8.22. The largest absolute Gasteiger partial charge is 0.372 e. The van der Waals surface area contributed by atoms with E-state index in [1.807, 2.05) is 19.1 Å². The summed E-state index contributed by atoms with van der Waals surface area (Å²) in [5.41, 5.74) is 6.53. The van der Waals surface area contributed by atoms with Crippen molar-refractivity contribution in [3.63, 3.8) is 0 Å². The van der Waals surface area contributed by atoms with Gasteiger partial charge in [0.25, 0.3) is 0 Å². The minimum absolute atomic E-state index is 0.0186. The van der Waals surface area contributed by atoms with Crippen molar-refractivity contribution in [2.45, 2.75) is 40.0 Å². The molecule has 1 aliphatic rings. The fraction of sp³-hybridized carbons (Fsp3) is 0.375. The third kappa shape index (κ3) is 3.91. The van der Waals surface area contributed by atoms with Gasteiger partial charge >= 0.3 is 0 Å². The number of hydrogen-bond donors (Lipinski definition) is 2. The SMILES string of the molecule is Cc1ccc2[nH]c(C)c(CC(=O)Nc3ccc(N4CCC(C)CC4)cc3)c2c1. The Hall–Kier alpha value is -2.75. The second-order valence-electron chi connectivity index (χ2n) is 8.22. The van der Waals surface area contributed by atoms with Crippen LogP contribution in [0.5, 0.6) is 0 Å². The van der Waals surface area contributed by atoms with Gasteiger partial charge in [0.05, 0.1) is 6.42 Å². The normalized spacial score (nSPS) is 15.2. The Kier molecular flexibility index (Phi) is 5.12. The van der Waals surface area contributed by atoms with Gasteiger partial charge < -0.3 is 15.2 Å². The first-order valence-electron chi connectivity index (χ1n) is 10.2. The third-order valence-corrected chi connectivity index (χ3v) is 5.91. The van der Waals surface area contributed by atoms with Crippen LogP contribution in [0.1, 0.15) is 36.6 Å². The van der Waals surface area contributed by atoms with Gasteiger partial charge in [0, 0.05) is 41.1 Å². The number of aromatic amines is 1. The first-order chi connectivity index (χ1) is 13.5. The van der Waals surface area contributed by atoms with Gasteiger partial charge in [-0.2, -0.15) is 0 Å². The number of fused-ring (bicyclic) bond motifs is 1. The quantitative estimate of drug-likeness (QED) is 0.658. The molecule has 1 fully saturated rings. The first kappa shape index (κ1) is 18.6. The van der Waals surface area contributed by atoms with Gasteiger partial charge in [-0.3, -0.25) is 4.79 Å². The molecule has 2 aromatic carbocycles.